The zero-order valence-electron chi connectivity index (χ0n) is 13.5. The van der Waals surface area contributed by atoms with Crippen LogP contribution in [0.2, 0.25) is 0 Å². The van der Waals surface area contributed by atoms with Gasteiger partial charge in [0, 0.05) is 36.1 Å². The predicted octanol–water partition coefficient (Wildman–Crippen LogP) is 2.74. The van der Waals surface area contributed by atoms with Gasteiger partial charge < -0.3 is 15.1 Å². The lowest BCUT2D eigenvalue weighted by Crippen LogP contribution is -2.30. The summed E-state index contributed by atoms with van der Waals surface area (Å²) in [6.45, 7) is 4.90. The minimum Gasteiger partial charge on any atom is -0.408 e. The number of nitrogens with one attached hydrogen (secondary N) is 2. The summed E-state index contributed by atoms with van der Waals surface area (Å²) >= 11 is 1.59. The number of nitrogens with zero attached hydrogens (tertiary/aromatic N) is 2. The van der Waals surface area contributed by atoms with Gasteiger partial charge in [-0.15, -0.1) is 11.3 Å². The van der Waals surface area contributed by atoms with Crippen molar-refractivity contribution < 1.29 is 9.21 Å². The first-order chi connectivity index (χ1) is 11.6. The van der Waals surface area contributed by atoms with Crippen LogP contribution < -0.4 is 16.4 Å². The summed E-state index contributed by atoms with van der Waals surface area (Å²) in [5.41, 5.74) is 4.55. The number of aromatic nitrogens is 2. The highest BCUT2D eigenvalue weighted by molar-refractivity contribution is 7.09. The minimum absolute atomic E-state index is 0.297. The molecule has 0 aliphatic rings. The van der Waals surface area contributed by atoms with Crippen LogP contribution in [0.25, 0.3) is 11.1 Å². The van der Waals surface area contributed by atoms with Gasteiger partial charge in [-0.1, -0.05) is 0 Å². The van der Waals surface area contributed by atoms with Gasteiger partial charge in [-0.25, -0.2) is 14.6 Å². The van der Waals surface area contributed by atoms with E-state index in [1.165, 1.54) is 9.44 Å². The summed E-state index contributed by atoms with van der Waals surface area (Å²) in [7, 11) is 0. The van der Waals surface area contributed by atoms with E-state index in [9.17, 15) is 9.59 Å². The highest BCUT2D eigenvalue weighted by Gasteiger charge is 2.10. The van der Waals surface area contributed by atoms with Crippen LogP contribution in [0.3, 0.4) is 0 Å². The fourth-order valence-electron chi connectivity index (χ4n) is 2.47. The second kappa shape index (κ2) is 6.88. The molecule has 0 fully saturated rings. The summed E-state index contributed by atoms with van der Waals surface area (Å²) in [6.07, 6.45) is 0.747. The Hall–Kier alpha value is -2.61. The molecule has 8 heteroatoms. The Morgan fingerprint density at radius 2 is 2.25 bits per heavy atom. The first-order valence-corrected chi connectivity index (χ1v) is 8.53. The predicted molar refractivity (Wildman–Crippen MR) is 93.7 cm³/mol. The maximum absolute atomic E-state index is 12.0. The van der Waals surface area contributed by atoms with Crippen LogP contribution in [0.5, 0.6) is 0 Å². The van der Waals surface area contributed by atoms with Crippen LogP contribution in [0.4, 0.5) is 10.5 Å². The van der Waals surface area contributed by atoms with E-state index in [0.717, 1.165) is 12.1 Å². The van der Waals surface area contributed by atoms with Gasteiger partial charge in [-0.3, -0.25) is 4.57 Å². The van der Waals surface area contributed by atoms with Crippen molar-refractivity contribution in [2.75, 3.05) is 11.9 Å². The van der Waals surface area contributed by atoms with Crippen molar-refractivity contribution >= 4 is 34.2 Å². The Balaban J connectivity index is 1.61. The van der Waals surface area contributed by atoms with Crippen molar-refractivity contribution in [3.8, 4) is 0 Å². The molecular formula is C16H18N4O3S. The molecule has 2 aromatic heterocycles. The van der Waals surface area contributed by atoms with Crippen molar-refractivity contribution in [3.05, 3.63) is 44.8 Å². The maximum Gasteiger partial charge on any atom is 0.419 e. The van der Waals surface area contributed by atoms with Gasteiger partial charge in [0.05, 0.1) is 16.7 Å². The molecule has 2 heterocycles. The topological polar surface area (TPSA) is 89.2 Å². The average Bonchev–Trinajstić information content (AvgIpc) is 3.09. The zero-order chi connectivity index (χ0) is 17.1. The second-order valence-corrected chi connectivity index (χ2v) is 6.23. The molecule has 2 N–H and O–H groups in total. The number of amides is 2. The summed E-state index contributed by atoms with van der Waals surface area (Å²) in [5.74, 6) is -0.394. The quantitative estimate of drug-likeness (QED) is 0.743. The number of oxazole rings is 1. The fraction of sp³-hybridized carbons (Fsp3) is 0.312. The maximum atomic E-state index is 12.0. The molecule has 0 bridgehead atoms. The number of aryl methyl sites for hydroxylation is 2. The van der Waals surface area contributed by atoms with E-state index in [0.29, 0.717) is 29.9 Å². The standard InChI is InChI=1S/C16H18N4O3S/c1-3-20-12-5-4-11(8-13(12)23-16(20)22)19-15(21)17-7-6-14-10(2)18-9-24-14/h4-5,8-9H,3,6-7H2,1-2H3,(H2,17,19,21). The van der Waals surface area contributed by atoms with Crippen molar-refractivity contribution in [1.29, 1.82) is 0 Å². The van der Waals surface area contributed by atoms with Gasteiger partial charge in [0.2, 0.25) is 0 Å². The van der Waals surface area contributed by atoms with Crippen LogP contribution in [0.1, 0.15) is 17.5 Å². The molecule has 2 amide bonds. The lowest BCUT2D eigenvalue weighted by atomic mass is 10.3. The van der Waals surface area contributed by atoms with Gasteiger partial charge in [0.15, 0.2) is 5.58 Å². The van der Waals surface area contributed by atoms with Crippen molar-refractivity contribution in [2.24, 2.45) is 0 Å². The molecule has 0 saturated carbocycles. The Morgan fingerprint density at radius 1 is 1.42 bits per heavy atom. The van der Waals surface area contributed by atoms with Crippen molar-refractivity contribution in [3.63, 3.8) is 0 Å². The van der Waals surface area contributed by atoms with E-state index in [1.54, 1.807) is 35.0 Å². The Bertz CT molecular complexity index is 925. The van der Waals surface area contributed by atoms with Gasteiger partial charge in [0.1, 0.15) is 0 Å². The molecule has 1 aromatic carbocycles. The normalized spacial score (nSPS) is 10.9. The number of hydrogen-bond donors (Lipinski definition) is 2. The average molecular weight is 346 g/mol. The molecule has 0 atom stereocenters. The monoisotopic (exact) mass is 346 g/mol. The summed E-state index contributed by atoms with van der Waals surface area (Å²) in [6, 6.07) is 4.86. The number of thiazole rings is 1. The van der Waals surface area contributed by atoms with E-state index < -0.39 is 5.76 Å². The largest absolute Gasteiger partial charge is 0.419 e. The van der Waals surface area contributed by atoms with Crippen LogP contribution >= 0.6 is 11.3 Å². The van der Waals surface area contributed by atoms with Crippen molar-refractivity contribution in [1.82, 2.24) is 14.9 Å². The van der Waals surface area contributed by atoms with Crippen molar-refractivity contribution in [2.45, 2.75) is 26.8 Å². The molecule has 0 saturated heterocycles. The van der Waals surface area contributed by atoms with Crippen LogP contribution in [0.15, 0.2) is 32.9 Å². The molecule has 24 heavy (non-hydrogen) atoms. The summed E-state index contributed by atoms with van der Waals surface area (Å²) in [5, 5.41) is 5.55. The SMILES string of the molecule is CCn1c(=O)oc2cc(NC(=O)NCCc3scnc3C)ccc21. The van der Waals surface area contributed by atoms with E-state index in [-0.39, 0.29) is 6.03 Å². The molecule has 3 rings (SSSR count). The van der Waals surface area contributed by atoms with Gasteiger partial charge in [0.25, 0.3) is 0 Å². The number of urea groups is 1. The molecule has 0 unspecified atom stereocenters. The first kappa shape index (κ1) is 16.3. The highest BCUT2D eigenvalue weighted by atomic mass is 32.1. The summed E-state index contributed by atoms with van der Waals surface area (Å²) in [4.78, 5) is 29.0. The molecule has 0 aliphatic carbocycles. The van der Waals surface area contributed by atoms with Crippen LogP contribution in [0, 0.1) is 6.92 Å². The first-order valence-electron chi connectivity index (χ1n) is 7.65. The Kier molecular flexibility index (Phi) is 4.66. The van der Waals surface area contributed by atoms with E-state index in [2.05, 4.69) is 15.6 Å². The molecule has 0 aliphatic heterocycles. The lowest BCUT2D eigenvalue weighted by molar-refractivity contribution is 0.252. The fourth-order valence-corrected chi connectivity index (χ4v) is 3.26. The van der Waals surface area contributed by atoms with E-state index >= 15 is 0 Å². The third-order valence-electron chi connectivity index (χ3n) is 3.72. The minimum atomic E-state index is -0.394. The molecule has 0 spiro atoms. The molecular weight excluding hydrogens is 328 g/mol. The second-order valence-electron chi connectivity index (χ2n) is 5.29. The molecule has 3 aromatic rings. The summed E-state index contributed by atoms with van der Waals surface area (Å²) < 4.78 is 6.72. The molecule has 0 radical (unpaired) electrons. The number of anilines is 1. The van der Waals surface area contributed by atoms with Gasteiger partial charge >= 0.3 is 11.8 Å². The number of carbonyl (C=O) groups excluding carboxylic acids is 1. The smallest absolute Gasteiger partial charge is 0.408 e. The zero-order valence-corrected chi connectivity index (χ0v) is 14.3. The molecule has 7 nitrogen and oxygen atoms in total. The number of benzene rings is 1. The highest BCUT2D eigenvalue weighted by Crippen LogP contribution is 2.18. The Morgan fingerprint density at radius 3 is 2.96 bits per heavy atom. The molecule has 126 valence electrons. The van der Waals surface area contributed by atoms with Crippen LogP contribution in [-0.4, -0.2) is 22.1 Å². The number of fused-ring (bicyclic) bond motifs is 1. The van der Waals surface area contributed by atoms with Gasteiger partial charge in [-0.2, -0.15) is 0 Å². The number of hydrogen-bond acceptors (Lipinski definition) is 5. The third-order valence-corrected chi connectivity index (χ3v) is 4.72. The lowest BCUT2D eigenvalue weighted by Gasteiger charge is -2.07. The number of carbonyl (C=O) groups is 1. The van der Waals surface area contributed by atoms with E-state index in [1.807, 2.05) is 13.8 Å². The Labute approximate surface area is 142 Å². The van der Waals surface area contributed by atoms with E-state index in [4.69, 9.17) is 4.42 Å². The number of rotatable bonds is 5. The third kappa shape index (κ3) is 3.33. The van der Waals surface area contributed by atoms with Crippen LogP contribution in [-0.2, 0) is 13.0 Å². The van der Waals surface area contributed by atoms with Gasteiger partial charge in [-0.05, 0) is 26.0 Å².